The molecule has 0 aromatic heterocycles. The van der Waals surface area contributed by atoms with Gasteiger partial charge in [-0.05, 0) is 62.3 Å². The van der Waals surface area contributed by atoms with Crippen LogP contribution in [0.15, 0.2) is 24.3 Å². The van der Waals surface area contributed by atoms with E-state index in [9.17, 15) is 0 Å². The van der Waals surface area contributed by atoms with Crippen molar-refractivity contribution in [1.82, 2.24) is 4.90 Å². The SMILES string of the molecule is COc1ccc(CN2[C@@H](C)CC[C@@]2(C)C2SCCCS2)cc1. The fraction of sp³-hybridized carbons (Fsp3) is 0.667. The van der Waals surface area contributed by atoms with E-state index in [2.05, 4.69) is 66.5 Å². The van der Waals surface area contributed by atoms with E-state index in [-0.39, 0.29) is 0 Å². The van der Waals surface area contributed by atoms with Crippen LogP contribution >= 0.6 is 23.5 Å². The Morgan fingerprint density at radius 2 is 1.91 bits per heavy atom. The van der Waals surface area contributed by atoms with Gasteiger partial charge in [-0.25, -0.2) is 0 Å². The minimum atomic E-state index is 0.328. The van der Waals surface area contributed by atoms with Crippen LogP contribution in [0, 0.1) is 0 Å². The highest BCUT2D eigenvalue weighted by Crippen LogP contribution is 2.48. The first-order valence-corrected chi connectivity index (χ1v) is 10.4. The Morgan fingerprint density at radius 1 is 1.23 bits per heavy atom. The summed E-state index contributed by atoms with van der Waals surface area (Å²) in [5.74, 6) is 3.61. The summed E-state index contributed by atoms with van der Waals surface area (Å²) in [6, 6.07) is 9.27. The van der Waals surface area contributed by atoms with E-state index in [4.69, 9.17) is 4.74 Å². The molecule has 22 heavy (non-hydrogen) atoms. The number of benzene rings is 1. The molecule has 2 aliphatic rings. The van der Waals surface area contributed by atoms with Crippen molar-refractivity contribution in [3.8, 4) is 5.75 Å². The highest BCUT2D eigenvalue weighted by molar-refractivity contribution is 8.17. The molecule has 1 aromatic carbocycles. The van der Waals surface area contributed by atoms with Crippen LogP contribution in [0.5, 0.6) is 5.75 Å². The summed E-state index contributed by atoms with van der Waals surface area (Å²) in [5.41, 5.74) is 1.72. The van der Waals surface area contributed by atoms with Gasteiger partial charge in [-0.3, -0.25) is 4.90 Å². The van der Waals surface area contributed by atoms with Gasteiger partial charge in [-0.15, -0.1) is 23.5 Å². The van der Waals surface area contributed by atoms with E-state index >= 15 is 0 Å². The summed E-state index contributed by atoms with van der Waals surface area (Å²) in [6.07, 6.45) is 4.02. The van der Waals surface area contributed by atoms with E-state index in [1.807, 2.05) is 0 Å². The summed E-state index contributed by atoms with van der Waals surface area (Å²) in [5, 5.41) is 0. The van der Waals surface area contributed by atoms with Crippen LogP contribution in [0.2, 0.25) is 0 Å². The van der Waals surface area contributed by atoms with Gasteiger partial charge in [0, 0.05) is 18.1 Å². The molecule has 0 unspecified atom stereocenters. The molecule has 2 atom stereocenters. The highest BCUT2D eigenvalue weighted by Gasteiger charge is 2.47. The number of hydrogen-bond donors (Lipinski definition) is 0. The summed E-state index contributed by atoms with van der Waals surface area (Å²) in [6.45, 7) is 5.95. The monoisotopic (exact) mass is 337 g/mol. The van der Waals surface area contributed by atoms with Crippen molar-refractivity contribution in [2.75, 3.05) is 18.6 Å². The second kappa shape index (κ2) is 7.06. The van der Waals surface area contributed by atoms with Crippen LogP contribution in [-0.2, 0) is 6.54 Å². The maximum atomic E-state index is 5.28. The third-order valence-electron chi connectivity index (χ3n) is 5.10. The van der Waals surface area contributed by atoms with Crippen molar-refractivity contribution in [3.63, 3.8) is 0 Å². The van der Waals surface area contributed by atoms with Crippen molar-refractivity contribution in [2.45, 2.75) is 55.8 Å². The van der Waals surface area contributed by atoms with Gasteiger partial charge in [0.1, 0.15) is 5.75 Å². The number of ether oxygens (including phenoxy) is 1. The Labute approximate surface area is 143 Å². The number of hydrogen-bond acceptors (Lipinski definition) is 4. The standard InChI is InChI=1S/C18H27NOS2/c1-14-9-10-18(2,17-21-11-4-12-22-17)19(14)13-15-5-7-16(20-3)8-6-15/h5-8,14,17H,4,9-13H2,1-3H3/t14-,18-/m0/s1. The van der Waals surface area contributed by atoms with Gasteiger partial charge in [-0.2, -0.15) is 0 Å². The molecule has 0 bridgehead atoms. The number of rotatable bonds is 4. The van der Waals surface area contributed by atoms with E-state index < -0.39 is 0 Å². The molecule has 0 saturated carbocycles. The molecule has 2 fully saturated rings. The van der Waals surface area contributed by atoms with Crippen molar-refractivity contribution in [2.24, 2.45) is 0 Å². The highest BCUT2D eigenvalue weighted by atomic mass is 32.2. The van der Waals surface area contributed by atoms with Crippen LogP contribution in [-0.4, -0.2) is 39.7 Å². The van der Waals surface area contributed by atoms with Crippen LogP contribution in [0.4, 0.5) is 0 Å². The summed E-state index contributed by atoms with van der Waals surface area (Å²) in [4.78, 5) is 2.75. The van der Waals surface area contributed by atoms with Crippen LogP contribution < -0.4 is 4.74 Å². The van der Waals surface area contributed by atoms with E-state index in [1.54, 1.807) is 7.11 Å². The summed E-state index contributed by atoms with van der Waals surface area (Å²) < 4.78 is 6.00. The van der Waals surface area contributed by atoms with Gasteiger partial charge in [0.2, 0.25) is 0 Å². The van der Waals surface area contributed by atoms with Gasteiger partial charge in [-0.1, -0.05) is 12.1 Å². The normalized spacial score (nSPS) is 30.6. The molecule has 2 saturated heterocycles. The molecular formula is C18H27NOS2. The third-order valence-corrected chi connectivity index (χ3v) is 8.59. The molecule has 0 radical (unpaired) electrons. The predicted molar refractivity (Wildman–Crippen MR) is 99.0 cm³/mol. The zero-order valence-corrected chi connectivity index (χ0v) is 15.5. The second-order valence-electron chi connectivity index (χ2n) is 6.65. The largest absolute Gasteiger partial charge is 0.497 e. The first-order valence-electron chi connectivity index (χ1n) is 8.26. The first kappa shape index (κ1) is 16.5. The quantitative estimate of drug-likeness (QED) is 0.793. The summed E-state index contributed by atoms with van der Waals surface area (Å²) in [7, 11) is 1.73. The minimum Gasteiger partial charge on any atom is -0.497 e. The number of nitrogens with zero attached hydrogens (tertiary/aromatic N) is 1. The van der Waals surface area contributed by atoms with Crippen molar-refractivity contribution < 1.29 is 4.74 Å². The first-order chi connectivity index (χ1) is 10.6. The molecule has 0 spiro atoms. The molecule has 4 heteroatoms. The molecule has 122 valence electrons. The number of likely N-dealkylation sites (tertiary alicyclic amines) is 1. The van der Waals surface area contributed by atoms with Gasteiger partial charge in [0.25, 0.3) is 0 Å². The number of methoxy groups -OCH3 is 1. The zero-order valence-electron chi connectivity index (χ0n) is 13.9. The Hall–Kier alpha value is -0.320. The number of thioether (sulfide) groups is 2. The van der Waals surface area contributed by atoms with Crippen molar-refractivity contribution in [3.05, 3.63) is 29.8 Å². The van der Waals surface area contributed by atoms with Gasteiger partial charge in [0.05, 0.1) is 11.7 Å². The van der Waals surface area contributed by atoms with Crippen LogP contribution in [0.3, 0.4) is 0 Å². The Balaban J connectivity index is 1.76. The molecule has 2 nitrogen and oxygen atoms in total. The van der Waals surface area contributed by atoms with E-state index in [0.29, 0.717) is 11.6 Å². The average Bonchev–Trinajstić information content (AvgIpc) is 2.86. The summed E-state index contributed by atoms with van der Waals surface area (Å²) >= 11 is 4.37. The van der Waals surface area contributed by atoms with Crippen molar-refractivity contribution in [1.29, 1.82) is 0 Å². The van der Waals surface area contributed by atoms with Crippen LogP contribution in [0.1, 0.15) is 38.7 Å². The lowest BCUT2D eigenvalue weighted by Gasteiger charge is -2.44. The topological polar surface area (TPSA) is 12.5 Å². The maximum Gasteiger partial charge on any atom is 0.118 e. The predicted octanol–water partition coefficient (Wildman–Crippen LogP) is 4.63. The fourth-order valence-electron chi connectivity index (χ4n) is 3.67. The molecule has 2 heterocycles. The molecule has 3 rings (SSSR count). The Kier molecular flexibility index (Phi) is 5.31. The Morgan fingerprint density at radius 3 is 2.55 bits per heavy atom. The second-order valence-corrected chi connectivity index (χ2v) is 9.37. The molecule has 1 aromatic rings. The molecule has 0 aliphatic carbocycles. The average molecular weight is 338 g/mol. The Bertz CT molecular complexity index is 486. The molecular weight excluding hydrogens is 310 g/mol. The lowest BCUT2D eigenvalue weighted by atomic mass is 10.0. The van der Waals surface area contributed by atoms with Gasteiger partial charge < -0.3 is 4.74 Å². The molecule has 0 N–H and O–H groups in total. The smallest absolute Gasteiger partial charge is 0.118 e. The lowest BCUT2D eigenvalue weighted by molar-refractivity contribution is 0.125. The minimum absolute atomic E-state index is 0.328. The van der Waals surface area contributed by atoms with Crippen LogP contribution in [0.25, 0.3) is 0 Å². The van der Waals surface area contributed by atoms with Crippen molar-refractivity contribution >= 4 is 23.5 Å². The van der Waals surface area contributed by atoms with Gasteiger partial charge >= 0.3 is 0 Å². The molecule has 0 amide bonds. The van der Waals surface area contributed by atoms with E-state index in [0.717, 1.165) is 16.9 Å². The lowest BCUT2D eigenvalue weighted by Crippen LogP contribution is -2.50. The van der Waals surface area contributed by atoms with Gasteiger partial charge in [0.15, 0.2) is 0 Å². The van der Waals surface area contributed by atoms with E-state index in [1.165, 1.54) is 36.3 Å². The fourth-order valence-corrected chi connectivity index (χ4v) is 7.09. The molecule has 2 aliphatic heterocycles. The third kappa shape index (κ3) is 3.29. The maximum absolute atomic E-state index is 5.28. The zero-order chi connectivity index (χ0) is 15.6.